The third-order valence-electron chi connectivity index (χ3n) is 4.51. The Kier molecular flexibility index (Phi) is 6.18. The standard InChI is InChI=1S/C23H24N2O/c1-18(20-12-6-3-7-13-20)24-17-23(26)25-22-15-9-8-14-21(22)16-19-10-4-2-5-11-19/h2-15,18,24H,16-17H2,1H3,(H,25,26)/p+1/t18-/m1/s1. The van der Waals surface area contributed by atoms with Gasteiger partial charge in [0.05, 0.1) is 0 Å². The summed E-state index contributed by atoms with van der Waals surface area (Å²) in [6, 6.07) is 28.8. The number of hydrogen-bond acceptors (Lipinski definition) is 1. The highest BCUT2D eigenvalue weighted by Crippen LogP contribution is 2.19. The van der Waals surface area contributed by atoms with Crippen molar-refractivity contribution in [2.45, 2.75) is 19.4 Å². The minimum Gasteiger partial charge on any atom is -0.333 e. The van der Waals surface area contributed by atoms with E-state index >= 15 is 0 Å². The normalized spacial score (nSPS) is 11.7. The first kappa shape index (κ1) is 17.9. The smallest absolute Gasteiger partial charge is 0.279 e. The van der Waals surface area contributed by atoms with Crippen LogP contribution in [0.5, 0.6) is 0 Å². The van der Waals surface area contributed by atoms with Gasteiger partial charge in [-0.3, -0.25) is 4.79 Å². The summed E-state index contributed by atoms with van der Waals surface area (Å²) in [4.78, 5) is 12.4. The molecule has 0 unspecified atom stereocenters. The maximum atomic E-state index is 12.4. The number of nitrogens with two attached hydrogens (primary N) is 1. The fourth-order valence-electron chi connectivity index (χ4n) is 2.99. The largest absolute Gasteiger partial charge is 0.333 e. The van der Waals surface area contributed by atoms with Crippen LogP contribution in [0.4, 0.5) is 5.69 Å². The van der Waals surface area contributed by atoms with Crippen molar-refractivity contribution < 1.29 is 10.1 Å². The van der Waals surface area contributed by atoms with Crippen molar-refractivity contribution in [1.29, 1.82) is 0 Å². The summed E-state index contributed by atoms with van der Waals surface area (Å²) in [5.41, 5.74) is 4.48. The summed E-state index contributed by atoms with van der Waals surface area (Å²) >= 11 is 0. The van der Waals surface area contributed by atoms with E-state index in [4.69, 9.17) is 0 Å². The summed E-state index contributed by atoms with van der Waals surface area (Å²) in [6.45, 7) is 2.52. The van der Waals surface area contributed by atoms with Gasteiger partial charge >= 0.3 is 0 Å². The minimum absolute atomic E-state index is 0.0216. The Hall–Kier alpha value is -2.91. The molecular weight excluding hydrogens is 320 g/mol. The van der Waals surface area contributed by atoms with Gasteiger partial charge in [-0.05, 0) is 30.5 Å². The SMILES string of the molecule is C[C@@H]([NH2+]CC(=O)Nc1ccccc1Cc1ccccc1)c1ccccc1. The van der Waals surface area contributed by atoms with Gasteiger partial charge in [0.1, 0.15) is 6.04 Å². The molecule has 0 bridgehead atoms. The summed E-state index contributed by atoms with van der Waals surface area (Å²) < 4.78 is 0. The molecule has 3 nitrogen and oxygen atoms in total. The highest BCUT2D eigenvalue weighted by atomic mass is 16.1. The molecule has 3 N–H and O–H groups in total. The first-order valence-corrected chi connectivity index (χ1v) is 9.02. The third kappa shape index (κ3) is 5.04. The Bertz CT molecular complexity index is 831. The number of amides is 1. The molecule has 1 amide bonds. The van der Waals surface area contributed by atoms with Crippen LogP contribution in [-0.4, -0.2) is 12.5 Å². The second-order valence-electron chi connectivity index (χ2n) is 6.51. The summed E-state index contributed by atoms with van der Waals surface area (Å²) in [7, 11) is 0. The van der Waals surface area contributed by atoms with E-state index in [0.29, 0.717) is 6.54 Å². The highest BCUT2D eigenvalue weighted by molar-refractivity contribution is 5.92. The van der Waals surface area contributed by atoms with Gasteiger partial charge in [0.15, 0.2) is 6.54 Å². The quantitative estimate of drug-likeness (QED) is 0.676. The molecule has 0 aromatic heterocycles. The van der Waals surface area contributed by atoms with Gasteiger partial charge in [-0.2, -0.15) is 0 Å². The van der Waals surface area contributed by atoms with Crippen LogP contribution in [0.25, 0.3) is 0 Å². The number of para-hydroxylation sites is 1. The molecule has 0 aliphatic rings. The van der Waals surface area contributed by atoms with E-state index < -0.39 is 0 Å². The third-order valence-corrected chi connectivity index (χ3v) is 4.51. The zero-order chi connectivity index (χ0) is 18.2. The van der Waals surface area contributed by atoms with Crippen molar-refractivity contribution in [2.75, 3.05) is 11.9 Å². The lowest BCUT2D eigenvalue weighted by atomic mass is 10.0. The molecule has 1 atom stereocenters. The molecule has 0 aliphatic heterocycles. The fourth-order valence-corrected chi connectivity index (χ4v) is 2.99. The summed E-state index contributed by atoms with van der Waals surface area (Å²) in [5.74, 6) is 0.0216. The average molecular weight is 345 g/mol. The van der Waals surface area contributed by atoms with E-state index in [0.717, 1.165) is 17.7 Å². The van der Waals surface area contributed by atoms with Crippen LogP contribution in [0.3, 0.4) is 0 Å². The first-order chi connectivity index (χ1) is 12.7. The van der Waals surface area contributed by atoms with Crippen molar-refractivity contribution in [3.8, 4) is 0 Å². The van der Waals surface area contributed by atoms with Crippen LogP contribution in [-0.2, 0) is 11.2 Å². The molecule has 26 heavy (non-hydrogen) atoms. The second-order valence-corrected chi connectivity index (χ2v) is 6.51. The van der Waals surface area contributed by atoms with Crippen LogP contribution in [0.1, 0.15) is 29.7 Å². The van der Waals surface area contributed by atoms with E-state index in [-0.39, 0.29) is 11.9 Å². The number of rotatable bonds is 7. The molecule has 132 valence electrons. The summed E-state index contributed by atoms with van der Waals surface area (Å²) in [6.07, 6.45) is 0.807. The van der Waals surface area contributed by atoms with Crippen molar-refractivity contribution in [1.82, 2.24) is 0 Å². The zero-order valence-electron chi connectivity index (χ0n) is 15.1. The van der Waals surface area contributed by atoms with Gasteiger partial charge in [-0.25, -0.2) is 0 Å². The maximum Gasteiger partial charge on any atom is 0.279 e. The Morgan fingerprint density at radius 2 is 1.50 bits per heavy atom. The lowest BCUT2D eigenvalue weighted by Gasteiger charge is -2.13. The molecule has 3 aromatic carbocycles. The second kappa shape index (κ2) is 8.97. The van der Waals surface area contributed by atoms with Gasteiger partial charge in [-0.15, -0.1) is 0 Å². The van der Waals surface area contributed by atoms with E-state index in [2.05, 4.69) is 47.9 Å². The molecule has 0 aliphatic carbocycles. The molecule has 0 saturated carbocycles. The number of anilines is 1. The van der Waals surface area contributed by atoms with Crippen LogP contribution >= 0.6 is 0 Å². The molecular formula is C23H25N2O+. The molecule has 0 radical (unpaired) electrons. The van der Waals surface area contributed by atoms with E-state index in [1.807, 2.05) is 54.6 Å². The lowest BCUT2D eigenvalue weighted by molar-refractivity contribution is -0.682. The maximum absolute atomic E-state index is 12.4. The molecule has 3 heteroatoms. The van der Waals surface area contributed by atoms with Crippen molar-refractivity contribution in [3.05, 3.63) is 102 Å². The van der Waals surface area contributed by atoms with Crippen molar-refractivity contribution in [3.63, 3.8) is 0 Å². The monoisotopic (exact) mass is 345 g/mol. The molecule has 0 heterocycles. The lowest BCUT2D eigenvalue weighted by Crippen LogP contribution is -2.86. The molecule has 0 saturated heterocycles. The zero-order valence-corrected chi connectivity index (χ0v) is 15.1. The molecule has 0 fully saturated rings. The number of hydrogen-bond donors (Lipinski definition) is 2. The molecule has 3 rings (SSSR count). The van der Waals surface area contributed by atoms with Gasteiger partial charge in [-0.1, -0.05) is 78.9 Å². The van der Waals surface area contributed by atoms with Crippen LogP contribution < -0.4 is 10.6 Å². The Morgan fingerprint density at radius 1 is 0.885 bits per heavy atom. The number of carbonyl (C=O) groups excluding carboxylic acids is 1. The van der Waals surface area contributed by atoms with Gasteiger partial charge in [0.2, 0.25) is 0 Å². The predicted octanol–water partition coefficient (Wildman–Crippen LogP) is 3.54. The molecule has 3 aromatic rings. The van der Waals surface area contributed by atoms with E-state index in [1.165, 1.54) is 11.1 Å². The Balaban J connectivity index is 1.59. The molecule has 0 spiro atoms. The number of carbonyl (C=O) groups is 1. The summed E-state index contributed by atoms with van der Waals surface area (Å²) in [5, 5.41) is 5.13. The Morgan fingerprint density at radius 3 is 2.23 bits per heavy atom. The van der Waals surface area contributed by atoms with E-state index in [1.54, 1.807) is 0 Å². The number of quaternary nitrogens is 1. The van der Waals surface area contributed by atoms with Crippen molar-refractivity contribution >= 4 is 11.6 Å². The number of benzene rings is 3. The van der Waals surface area contributed by atoms with Crippen LogP contribution in [0.15, 0.2) is 84.9 Å². The van der Waals surface area contributed by atoms with Crippen LogP contribution in [0, 0.1) is 0 Å². The highest BCUT2D eigenvalue weighted by Gasteiger charge is 2.12. The minimum atomic E-state index is 0.0216. The van der Waals surface area contributed by atoms with Gasteiger partial charge in [0, 0.05) is 11.3 Å². The number of nitrogens with one attached hydrogen (secondary N) is 1. The Labute approximate surface area is 155 Å². The van der Waals surface area contributed by atoms with Crippen molar-refractivity contribution in [2.24, 2.45) is 0 Å². The van der Waals surface area contributed by atoms with Crippen LogP contribution in [0.2, 0.25) is 0 Å². The van der Waals surface area contributed by atoms with Gasteiger partial charge < -0.3 is 10.6 Å². The first-order valence-electron chi connectivity index (χ1n) is 9.02. The fraction of sp³-hybridized carbons (Fsp3) is 0.174. The van der Waals surface area contributed by atoms with Gasteiger partial charge in [0.25, 0.3) is 5.91 Å². The van der Waals surface area contributed by atoms with E-state index in [9.17, 15) is 4.79 Å². The topological polar surface area (TPSA) is 45.7 Å². The predicted molar refractivity (Wildman–Crippen MR) is 106 cm³/mol. The average Bonchev–Trinajstić information content (AvgIpc) is 2.69.